The first-order valence-corrected chi connectivity index (χ1v) is 14.5. The van der Waals surface area contributed by atoms with Crippen molar-refractivity contribution in [3.05, 3.63) is 58.8 Å². The molecule has 1 aliphatic heterocycles. The molecule has 1 N–H and O–H groups in total. The number of nitro groups is 1. The second-order valence-corrected chi connectivity index (χ2v) is 11.9. The Hall–Kier alpha value is -4.30. The van der Waals surface area contributed by atoms with Gasteiger partial charge in [0, 0.05) is 58.6 Å². The van der Waals surface area contributed by atoms with E-state index in [2.05, 4.69) is 20.3 Å². The fourth-order valence-corrected chi connectivity index (χ4v) is 5.98. The summed E-state index contributed by atoms with van der Waals surface area (Å²) in [4.78, 5) is 29.0. The highest BCUT2D eigenvalue weighted by Gasteiger charge is 2.25. The molecule has 0 unspecified atom stereocenters. The maximum Gasteiger partial charge on any atom is 0.294 e. The first kappa shape index (κ1) is 27.3. The zero-order valence-electron chi connectivity index (χ0n) is 22.4. The summed E-state index contributed by atoms with van der Waals surface area (Å²) in [5, 5.41) is 15.1. The number of para-hydroxylation sites is 2. The van der Waals surface area contributed by atoms with Gasteiger partial charge in [0.05, 0.1) is 40.3 Å². The molecule has 40 heavy (non-hydrogen) atoms. The molecule has 0 saturated carbocycles. The third kappa shape index (κ3) is 5.67. The Morgan fingerprint density at radius 1 is 1.15 bits per heavy atom. The summed E-state index contributed by atoms with van der Waals surface area (Å²) in [6.45, 7) is 1.96. The first-order chi connectivity index (χ1) is 19.1. The Kier molecular flexibility index (Phi) is 7.54. The van der Waals surface area contributed by atoms with Crippen molar-refractivity contribution < 1.29 is 18.1 Å². The normalized spacial score (nSPS) is 15.2. The van der Waals surface area contributed by atoms with E-state index in [1.807, 2.05) is 40.8 Å². The van der Waals surface area contributed by atoms with Crippen LogP contribution < -0.4 is 15.0 Å². The van der Waals surface area contributed by atoms with Crippen molar-refractivity contribution in [2.45, 2.75) is 0 Å². The van der Waals surface area contributed by atoms with Crippen LogP contribution in [-0.4, -0.2) is 89.6 Å². The molecule has 2 aromatic carbocycles. The number of fused-ring (bicyclic) bond motifs is 1. The predicted molar refractivity (Wildman–Crippen MR) is 153 cm³/mol. The van der Waals surface area contributed by atoms with Gasteiger partial charge in [-0.1, -0.05) is 12.1 Å². The van der Waals surface area contributed by atoms with E-state index in [1.54, 1.807) is 30.3 Å². The number of ether oxygens (including phenoxy) is 1. The van der Waals surface area contributed by atoms with E-state index in [9.17, 15) is 18.5 Å². The zero-order valence-corrected chi connectivity index (χ0v) is 23.3. The number of hydrogen-bond donors (Lipinski definition) is 1. The van der Waals surface area contributed by atoms with Crippen molar-refractivity contribution in [1.29, 1.82) is 0 Å². The van der Waals surface area contributed by atoms with Crippen LogP contribution >= 0.6 is 0 Å². The van der Waals surface area contributed by atoms with Crippen LogP contribution in [0.3, 0.4) is 0 Å². The fraction of sp³-hybridized carbons (Fsp3) is 0.346. The van der Waals surface area contributed by atoms with E-state index in [1.165, 1.54) is 13.2 Å². The number of nitrogens with one attached hydrogen (secondary N) is 1. The molecule has 0 spiro atoms. The summed E-state index contributed by atoms with van der Waals surface area (Å²) in [6, 6.07) is 12.5. The lowest BCUT2D eigenvalue weighted by Crippen LogP contribution is -2.43. The monoisotopic (exact) mass is 566 g/mol. The van der Waals surface area contributed by atoms with Crippen LogP contribution in [0.25, 0.3) is 22.6 Å². The van der Waals surface area contributed by atoms with Crippen LogP contribution in [-0.2, 0) is 16.9 Å². The maximum absolute atomic E-state index is 12.1. The molecular weight excluding hydrogens is 536 g/mol. The minimum atomic E-state index is -2.97. The summed E-state index contributed by atoms with van der Waals surface area (Å²) >= 11 is 0. The molecular formula is C26H30N8O5S. The van der Waals surface area contributed by atoms with Gasteiger partial charge in [-0.2, -0.15) is 0 Å². The lowest BCUT2D eigenvalue weighted by atomic mass is 10.2. The van der Waals surface area contributed by atoms with E-state index in [4.69, 9.17) is 4.74 Å². The van der Waals surface area contributed by atoms with Gasteiger partial charge in [0.2, 0.25) is 5.95 Å². The maximum atomic E-state index is 12.1. The number of nitro benzene ring substituents is 1. The minimum absolute atomic E-state index is 0.112. The Balaban J connectivity index is 1.38. The van der Waals surface area contributed by atoms with Crippen molar-refractivity contribution in [3.8, 4) is 17.3 Å². The molecule has 210 valence electrons. The number of sulfone groups is 1. The number of aromatic nitrogens is 4. The third-order valence-electron chi connectivity index (χ3n) is 7.01. The fourth-order valence-electron chi connectivity index (χ4n) is 4.70. The standard InChI is InChI=1S/C26H30N8O5S/c1-31(10-11-33-12-14-40(37,38)15-13-33)22-17-24(39-3)20(16-23(22)34(35)36)30-26-27-9-8-19(29-26)25-28-18-6-4-5-7-21(18)32(25)2/h4-9,16-17H,10-15H2,1-3H3,(H,27,29,30). The molecule has 0 atom stereocenters. The zero-order chi connectivity index (χ0) is 28.4. The van der Waals surface area contributed by atoms with Crippen LogP contribution in [0, 0.1) is 10.1 Å². The molecule has 0 amide bonds. The first-order valence-electron chi connectivity index (χ1n) is 12.7. The van der Waals surface area contributed by atoms with Gasteiger partial charge < -0.3 is 19.5 Å². The van der Waals surface area contributed by atoms with E-state index >= 15 is 0 Å². The lowest BCUT2D eigenvalue weighted by molar-refractivity contribution is -0.384. The Labute approximate surface area is 231 Å². The molecule has 1 saturated heterocycles. The van der Waals surface area contributed by atoms with Gasteiger partial charge in [-0.3, -0.25) is 15.0 Å². The average Bonchev–Trinajstić information content (AvgIpc) is 3.28. The summed E-state index contributed by atoms with van der Waals surface area (Å²) in [5.41, 5.74) is 3.01. The van der Waals surface area contributed by atoms with E-state index in [0.717, 1.165) is 11.0 Å². The van der Waals surface area contributed by atoms with Crippen molar-refractivity contribution in [1.82, 2.24) is 24.4 Å². The molecule has 0 aliphatic carbocycles. The number of anilines is 3. The van der Waals surface area contributed by atoms with Crippen molar-refractivity contribution in [2.75, 3.05) is 62.1 Å². The molecule has 2 aromatic heterocycles. The van der Waals surface area contributed by atoms with Gasteiger partial charge in [-0.15, -0.1) is 0 Å². The average molecular weight is 567 g/mol. The number of benzene rings is 2. The van der Waals surface area contributed by atoms with E-state index in [-0.39, 0.29) is 23.1 Å². The number of aryl methyl sites for hydroxylation is 1. The highest BCUT2D eigenvalue weighted by Crippen LogP contribution is 2.39. The Morgan fingerprint density at radius 3 is 2.60 bits per heavy atom. The number of likely N-dealkylation sites (N-methyl/N-ethyl adjacent to an activating group) is 1. The van der Waals surface area contributed by atoms with Crippen molar-refractivity contribution >= 4 is 43.9 Å². The number of imidazole rings is 1. The molecule has 4 aromatic rings. The molecule has 0 bridgehead atoms. The largest absolute Gasteiger partial charge is 0.494 e. The summed E-state index contributed by atoms with van der Waals surface area (Å²) in [5.74, 6) is 1.54. The smallest absolute Gasteiger partial charge is 0.294 e. The topological polar surface area (TPSA) is 149 Å². The summed E-state index contributed by atoms with van der Waals surface area (Å²) < 4.78 is 30.9. The minimum Gasteiger partial charge on any atom is -0.494 e. The second kappa shape index (κ2) is 11.1. The van der Waals surface area contributed by atoms with E-state index < -0.39 is 14.8 Å². The van der Waals surface area contributed by atoms with E-state index in [0.29, 0.717) is 54.8 Å². The van der Waals surface area contributed by atoms with Gasteiger partial charge in [0.25, 0.3) is 5.69 Å². The SMILES string of the molecule is COc1cc(N(C)CCN2CCS(=O)(=O)CC2)c([N+](=O)[O-])cc1Nc1nccc(-c2nc3ccccc3n2C)n1. The molecule has 1 aliphatic rings. The van der Waals surface area contributed by atoms with Crippen LogP contribution in [0.2, 0.25) is 0 Å². The Bertz CT molecular complexity index is 1660. The van der Waals surface area contributed by atoms with Crippen molar-refractivity contribution in [3.63, 3.8) is 0 Å². The second-order valence-electron chi connectivity index (χ2n) is 9.59. The number of methoxy groups -OCH3 is 1. The van der Waals surface area contributed by atoms with Gasteiger partial charge in [0.1, 0.15) is 17.1 Å². The van der Waals surface area contributed by atoms with Crippen LogP contribution in [0.5, 0.6) is 5.75 Å². The third-order valence-corrected chi connectivity index (χ3v) is 8.62. The molecule has 13 nitrogen and oxygen atoms in total. The molecule has 0 radical (unpaired) electrons. The van der Waals surface area contributed by atoms with Gasteiger partial charge in [-0.25, -0.2) is 23.4 Å². The quantitative estimate of drug-likeness (QED) is 0.235. The van der Waals surface area contributed by atoms with Crippen LogP contribution in [0.1, 0.15) is 0 Å². The molecule has 1 fully saturated rings. The highest BCUT2D eigenvalue weighted by atomic mass is 32.2. The van der Waals surface area contributed by atoms with Gasteiger partial charge in [0.15, 0.2) is 15.7 Å². The Morgan fingerprint density at radius 2 is 1.90 bits per heavy atom. The summed E-state index contributed by atoms with van der Waals surface area (Å²) in [6.07, 6.45) is 1.60. The molecule has 14 heteroatoms. The van der Waals surface area contributed by atoms with Crippen LogP contribution in [0.15, 0.2) is 48.7 Å². The molecule has 3 heterocycles. The van der Waals surface area contributed by atoms with Gasteiger partial charge in [-0.05, 0) is 18.2 Å². The van der Waals surface area contributed by atoms with Crippen LogP contribution in [0.4, 0.5) is 23.0 Å². The summed E-state index contributed by atoms with van der Waals surface area (Å²) in [7, 11) is 2.19. The number of nitrogens with zero attached hydrogens (tertiary/aromatic N) is 7. The number of hydrogen-bond acceptors (Lipinski definition) is 11. The lowest BCUT2D eigenvalue weighted by Gasteiger charge is -2.29. The highest BCUT2D eigenvalue weighted by molar-refractivity contribution is 7.91. The number of rotatable bonds is 9. The van der Waals surface area contributed by atoms with Crippen molar-refractivity contribution in [2.24, 2.45) is 7.05 Å². The predicted octanol–water partition coefficient (Wildman–Crippen LogP) is 2.86. The molecule has 5 rings (SSSR count). The van der Waals surface area contributed by atoms with Gasteiger partial charge >= 0.3 is 0 Å².